The summed E-state index contributed by atoms with van der Waals surface area (Å²) in [6.07, 6.45) is 1.47. The molecule has 144 valence electrons. The number of likely N-dealkylation sites (tertiary alicyclic amines) is 1. The number of nitrogens with one attached hydrogen (secondary N) is 1. The highest BCUT2D eigenvalue weighted by molar-refractivity contribution is 7.21. The minimum Gasteiger partial charge on any atom is -0.456 e. The highest BCUT2D eigenvalue weighted by Gasteiger charge is 2.24. The van der Waals surface area contributed by atoms with Crippen LogP contribution < -0.4 is 10.1 Å². The molecule has 0 saturated carbocycles. The molecule has 3 aromatic rings. The van der Waals surface area contributed by atoms with Crippen molar-refractivity contribution < 1.29 is 19.4 Å². The zero-order valence-electron chi connectivity index (χ0n) is 15.2. The lowest BCUT2D eigenvalue weighted by Gasteiger charge is -2.30. The van der Waals surface area contributed by atoms with Gasteiger partial charge in [-0.25, -0.2) is 0 Å². The van der Waals surface area contributed by atoms with Gasteiger partial charge >= 0.3 is 0 Å². The smallest absolute Gasteiger partial charge is 0.264 e. The van der Waals surface area contributed by atoms with Gasteiger partial charge < -0.3 is 20.1 Å². The Morgan fingerprint density at radius 3 is 2.64 bits per heavy atom. The Labute approximate surface area is 165 Å². The number of thiophene rings is 1. The number of amides is 2. The van der Waals surface area contributed by atoms with Crippen molar-refractivity contribution in [1.29, 1.82) is 0 Å². The monoisotopic (exact) mass is 397 g/mol. The van der Waals surface area contributed by atoms with Crippen LogP contribution in [-0.2, 0) is 4.79 Å². The molecule has 28 heavy (non-hydrogen) atoms. The number of carbonyl (C=O) groups excluding carboxylic acids is 2. The van der Waals surface area contributed by atoms with Crippen LogP contribution >= 0.6 is 11.3 Å². The Bertz CT molecular complexity index is 1030. The fourth-order valence-electron chi connectivity index (χ4n) is 2.91. The topological polar surface area (TPSA) is 91.8 Å². The fraction of sp³-hybridized carbons (Fsp3) is 0.250. The lowest BCUT2D eigenvalue weighted by molar-refractivity contribution is -0.129. The molecule has 1 aromatic carbocycles. The number of hydrogen-bond acceptors (Lipinski definition) is 6. The van der Waals surface area contributed by atoms with Gasteiger partial charge in [0.05, 0.1) is 15.1 Å². The van der Waals surface area contributed by atoms with Crippen LogP contribution in [0.2, 0.25) is 0 Å². The summed E-state index contributed by atoms with van der Waals surface area (Å²) in [4.78, 5) is 30.8. The number of hydrogen-bond donors (Lipinski definition) is 2. The molecule has 2 aromatic heterocycles. The molecule has 1 aliphatic heterocycles. The Hall–Kier alpha value is -2.97. The second-order valence-electron chi connectivity index (χ2n) is 6.47. The predicted molar refractivity (Wildman–Crippen MR) is 106 cm³/mol. The SMILES string of the molecule is CNC(=O)C(O)c1ccc(Oc2ccnc3cc(C(=O)N4CCC4)sc23)cc1. The average molecular weight is 397 g/mol. The zero-order valence-corrected chi connectivity index (χ0v) is 16.0. The quantitative estimate of drug-likeness (QED) is 0.691. The number of fused-ring (bicyclic) bond motifs is 1. The van der Waals surface area contributed by atoms with Gasteiger partial charge in [0.1, 0.15) is 11.5 Å². The second-order valence-corrected chi connectivity index (χ2v) is 7.52. The van der Waals surface area contributed by atoms with Crippen LogP contribution in [0.1, 0.15) is 27.8 Å². The summed E-state index contributed by atoms with van der Waals surface area (Å²) in [7, 11) is 1.47. The van der Waals surface area contributed by atoms with Gasteiger partial charge in [-0.05, 0) is 30.2 Å². The average Bonchev–Trinajstić information content (AvgIpc) is 3.11. The van der Waals surface area contributed by atoms with Crippen molar-refractivity contribution in [1.82, 2.24) is 15.2 Å². The van der Waals surface area contributed by atoms with Crippen molar-refractivity contribution >= 4 is 33.4 Å². The Morgan fingerprint density at radius 2 is 2.00 bits per heavy atom. The van der Waals surface area contributed by atoms with Crippen LogP contribution in [0, 0.1) is 0 Å². The van der Waals surface area contributed by atoms with E-state index < -0.39 is 12.0 Å². The first-order valence-electron chi connectivity index (χ1n) is 8.92. The molecule has 1 fully saturated rings. The molecule has 2 amide bonds. The van der Waals surface area contributed by atoms with Crippen molar-refractivity contribution in [3.63, 3.8) is 0 Å². The fourth-order valence-corrected chi connectivity index (χ4v) is 3.94. The first-order chi connectivity index (χ1) is 13.6. The number of ether oxygens (including phenoxy) is 1. The third kappa shape index (κ3) is 3.44. The number of aromatic nitrogens is 1. The van der Waals surface area contributed by atoms with E-state index in [1.165, 1.54) is 18.4 Å². The number of aliphatic hydroxyl groups is 1. The molecule has 0 spiro atoms. The second kappa shape index (κ2) is 7.57. The number of aliphatic hydroxyl groups excluding tert-OH is 1. The highest BCUT2D eigenvalue weighted by atomic mass is 32.1. The van der Waals surface area contributed by atoms with Crippen LogP contribution in [-0.4, -0.2) is 46.9 Å². The van der Waals surface area contributed by atoms with Crippen LogP contribution in [0.25, 0.3) is 10.2 Å². The molecule has 1 atom stereocenters. The van der Waals surface area contributed by atoms with Crippen LogP contribution in [0.5, 0.6) is 11.5 Å². The Kier molecular flexibility index (Phi) is 4.97. The normalized spacial score (nSPS) is 14.4. The van der Waals surface area contributed by atoms with E-state index in [1.807, 2.05) is 4.90 Å². The number of pyridine rings is 1. The highest BCUT2D eigenvalue weighted by Crippen LogP contribution is 2.36. The number of rotatable bonds is 5. The largest absolute Gasteiger partial charge is 0.456 e. The van der Waals surface area contributed by atoms with E-state index in [4.69, 9.17) is 4.74 Å². The minimum absolute atomic E-state index is 0.0349. The maximum Gasteiger partial charge on any atom is 0.264 e. The molecular formula is C20H19N3O4S. The van der Waals surface area contributed by atoms with Crippen LogP contribution in [0.4, 0.5) is 0 Å². The van der Waals surface area contributed by atoms with Gasteiger partial charge in [-0.2, -0.15) is 0 Å². The number of likely N-dealkylation sites (N-methyl/N-ethyl adjacent to an activating group) is 1. The molecular weight excluding hydrogens is 378 g/mol. The summed E-state index contributed by atoms with van der Waals surface area (Å²) in [5.74, 6) is 0.733. The zero-order chi connectivity index (χ0) is 19.7. The van der Waals surface area contributed by atoms with E-state index in [2.05, 4.69) is 10.3 Å². The van der Waals surface area contributed by atoms with Gasteiger partial charge in [0.2, 0.25) is 0 Å². The van der Waals surface area contributed by atoms with Gasteiger partial charge in [0, 0.05) is 32.4 Å². The minimum atomic E-state index is -1.22. The van der Waals surface area contributed by atoms with Gasteiger partial charge in [0.25, 0.3) is 11.8 Å². The van der Waals surface area contributed by atoms with Gasteiger partial charge in [-0.1, -0.05) is 12.1 Å². The van der Waals surface area contributed by atoms with E-state index in [0.717, 1.165) is 29.7 Å². The van der Waals surface area contributed by atoms with E-state index in [-0.39, 0.29) is 5.91 Å². The molecule has 2 N–H and O–H groups in total. The molecule has 3 heterocycles. The molecule has 0 aliphatic carbocycles. The number of benzene rings is 1. The van der Waals surface area contributed by atoms with Gasteiger partial charge in [-0.3, -0.25) is 14.6 Å². The van der Waals surface area contributed by atoms with Crippen molar-refractivity contribution in [3.8, 4) is 11.5 Å². The van der Waals surface area contributed by atoms with E-state index >= 15 is 0 Å². The third-order valence-electron chi connectivity index (χ3n) is 4.65. The summed E-state index contributed by atoms with van der Waals surface area (Å²) < 4.78 is 6.78. The Morgan fingerprint density at radius 1 is 1.25 bits per heavy atom. The van der Waals surface area contributed by atoms with Gasteiger partial charge in [-0.15, -0.1) is 11.3 Å². The molecule has 0 radical (unpaired) electrons. The molecule has 4 rings (SSSR count). The van der Waals surface area contributed by atoms with Crippen molar-refractivity contribution in [3.05, 3.63) is 53.0 Å². The third-order valence-corrected chi connectivity index (χ3v) is 5.78. The lowest BCUT2D eigenvalue weighted by Crippen LogP contribution is -2.41. The van der Waals surface area contributed by atoms with E-state index in [0.29, 0.717) is 21.9 Å². The standard InChI is InChI=1S/C20H19N3O4S/c1-21-19(25)17(24)12-3-5-13(6-4-12)27-15-7-8-22-14-11-16(28-18(14)15)20(26)23-9-2-10-23/h3-8,11,17,24H,2,9-10H2,1H3,(H,21,25). The molecule has 1 unspecified atom stereocenters. The first-order valence-corrected chi connectivity index (χ1v) is 9.74. The summed E-state index contributed by atoms with van der Waals surface area (Å²) in [5, 5.41) is 12.3. The van der Waals surface area contributed by atoms with Crippen LogP contribution in [0.3, 0.4) is 0 Å². The van der Waals surface area contributed by atoms with Gasteiger partial charge in [0.15, 0.2) is 6.10 Å². The maximum atomic E-state index is 12.5. The molecule has 1 aliphatic rings. The summed E-state index contributed by atoms with van der Waals surface area (Å²) in [6.45, 7) is 1.61. The Balaban J connectivity index is 1.56. The summed E-state index contributed by atoms with van der Waals surface area (Å²) >= 11 is 1.37. The lowest BCUT2D eigenvalue weighted by atomic mass is 10.1. The number of nitrogens with zero attached hydrogens (tertiary/aromatic N) is 2. The maximum absolute atomic E-state index is 12.5. The molecule has 1 saturated heterocycles. The first kappa shape index (κ1) is 18.4. The van der Waals surface area contributed by atoms with E-state index in [9.17, 15) is 14.7 Å². The molecule has 8 heteroatoms. The molecule has 7 nitrogen and oxygen atoms in total. The molecule has 0 bridgehead atoms. The van der Waals surface area contributed by atoms with Crippen molar-refractivity contribution in [2.24, 2.45) is 0 Å². The van der Waals surface area contributed by atoms with E-state index in [1.54, 1.807) is 42.6 Å². The predicted octanol–water partition coefficient (Wildman–Crippen LogP) is 2.71. The summed E-state index contributed by atoms with van der Waals surface area (Å²) in [6, 6.07) is 10.2. The summed E-state index contributed by atoms with van der Waals surface area (Å²) in [5.41, 5.74) is 1.20. The number of carbonyl (C=O) groups is 2. The van der Waals surface area contributed by atoms with Crippen molar-refractivity contribution in [2.75, 3.05) is 20.1 Å². The van der Waals surface area contributed by atoms with Crippen LogP contribution in [0.15, 0.2) is 42.6 Å². The van der Waals surface area contributed by atoms with Crippen molar-refractivity contribution in [2.45, 2.75) is 12.5 Å².